The van der Waals surface area contributed by atoms with Gasteiger partial charge in [-0.15, -0.1) is 10.5 Å². The summed E-state index contributed by atoms with van der Waals surface area (Å²) in [7, 11) is -0.129. The van der Waals surface area contributed by atoms with Crippen LogP contribution in [0.5, 0.6) is 0 Å². The van der Waals surface area contributed by atoms with Crippen LogP contribution in [0.25, 0.3) is 11.5 Å². The van der Waals surface area contributed by atoms with Crippen molar-refractivity contribution in [2.24, 2.45) is 4.99 Å². The molecular formula is C23H28N4O2S. The van der Waals surface area contributed by atoms with E-state index in [9.17, 15) is 9.59 Å². The smallest absolute Gasteiger partial charge is 0.237 e. The molecule has 0 aromatic carbocycles. The maximum atomic E-state index is 12.7. The summed E-state index contributed by atoms with van der Waals surface area (Å²) in [6.45, 7) is 1.60. The van der Waals surface area contributed by atoms with Gasteiger partial charge in [-0.25, -0.2) is 5.43 Å². The van der Waals surface area contributed by atoms with Gasteiger partial charge in [0.05, 0.1) is 16.4 Å². The minimum absolute atomic E-state index is 0.0683. The summed E-state index contributed by atoms with van der Waals surface area (Å²) in [5.74, 6) is 0.298. The number of hydrogen-bond donors (Lipinski definition) is 1. The number of carbonyl (C=O) groups is 2. The monoisotopic (exact) mass is 424 g/mol. The highest BCUT2D eigenvalue weighted by Crippen LogP contribution is 2.32. The second kappa shape index (κ2) is 8.47. The third kappa shape index (κ3) is 4.01. The lowest BCUT2D eigenvalue weighted by Crippen LogP contribution is -2.55. The highest BCUT2D eigenvalue weighted by atomic mass is 32.2. The number of Topliss-reactive ketones (excluding diaryl/α,β-unsaturated/α-hetero) is 1. The number of ketones is 1. The number of nitrogens with one attached hydrogen (secondary N) is 1. The molecule has 6 nitrogen and oxygen atoms in total. The van der Waals surface area contributed by atoms with Crippen molar-refractivity contribution in [2.45, 2.75) is 64.0 Å². The Hall–Kier alpha value is -2.25. The van der Waals surface area contributed by atoms with Crippen LogP contribution in [0.2, 0.25) is 0 Å². The SMILES string of the molecule is O=C1CCCCn2ccc3c2=CS(=CC=3)C2=CCC(=N2)CCC(=O)N2CCCC1N2. The summed E-state index contributed by atoms with van der Waals surface area (Å²) >= 11 is 0. The first kappa shape index (κ1) is 19.7. The molecule has 1 amide bonds. The average Bonchev–Trinajstić information content (AvgIpc) is 3.41. The van der Waals surface area contributed by atoms with E-state index >= 15 is 0 Å². The molecule has 1 aromatic rings. The molecule has 158 valence electrons. The number of allylic oxidation sites excluding steroid dienone is 1. The Morgan fingerprint density at radius 1 is 1.10 bits per heavy atom. The Morgan fingerprint density at radius 2 is 2.03 bits per heavy atom. The second-order valence-corrected chi connectivity index (χ2v) is 10.0. The van der Waals surface area contributed by atoms with Gasteiger partial charge >= 0.3 is 0 Å². The van der Waals surface area contributed by atoms with Gasteiger partial charge in [0.1, 0.15) is 0 Å². The molecule has 1 N–H and O–H groups in total. The van der Waals surface area contributed by atoms with E-state index in [1.165, 1.54) is 10.6 Å². The van der Waals surface area contributed by atoms with E-state index in [0.717, 1.165) is 49.4 Å². The molecule has 5 heterocycles. The van der Waals surface area contributed by atoms with E-state index in [1.54, 1.807) is 5.01 Å². The van der Waals surface area contributed by atoms with Gasteiger partial charge in [0.2, 0.25) is 5.91 Å². The number of hydrogen-bond acceptors (Lipinski definition) is 4. The van der Waals surface area contributed by atoms with Crippen LogP contribution in [0.4, 0.5) is 0 Å². The lowest BCUT2D eigenvalue weighted by atomic mass is 10.0. The molecule has 1 fully saturated rings. The van der Waals surface area contributed by atoms with E-state index in [2.05, 4.69) is 45.2 Å². The van der Waals surface area contributed by atoms with Gasteiger partial charge in [0.15, 0.2) is 5.78 Å². The van der Waals surface area contributed by atoms with Crippen LogP contribution in [0.15, 0.2) is 28.4 Å². The Bertz CT molecular complexity index is 1090. The van der Waals surface area contributed by atoms with Gasteiger partial charge in [-0.05, 0) is 61.1 Å². The van der Waals surface area contributed by atoms with E-state index in [1.807, 2.05) is 0 Å². The van der Waals surface area contributed by atoms with Crippen molar-refractivity contribution < 1.29 is 9.59 Å². The highest BCUT2D eigenvalue weighted by Gasteiger charge is 2.27. The number of aromatic nitrogens is 1. The summed E-state index contributed by atoms with van der Waals surface area (Å²) in [5.41, 5.74) is 4.28. The van der Waals surface area contributed by atoms with E-state index in [-0.39, 0.29) is 28.2 Å². The number of amides is 1. The molecule has 7 heteroatoms. The first-order valence-corrected chi connectivity index (χ1v) is 12.3. The fourth-order valence-electron chi connectivity index (χ4n) is 4.51. The average molecular weight is 425 g/mol. The third-order valence-corrected chi connectivity index (χ3v) is 7.92. The van der Waals surface area contributed by atoms with Crippen LogP contribution < -0.4 is 16.0 Å². The number of carbonyl (C=O) groups excluding carboxylic acids is 2. The lowest BCUT2D eigenvalue weighted by molar-refractivity contribution is -0.138. The van der Waals surface area contributed by atoms with Crippen molar-refractivity contribution in [3.63, 3.8) is 0 Å². The molecular weight excluding hydrogens is 396 g/mol. The molecule has 6 bridgehead atoms. The molecule has 30 heavy (non-hydrogen) atoms. The second-order valence-electron chi connectivity index (χ2n) is 8.36. The van der Waals surface area contributed by atoms with Crippen molar-refractivity contribution in [3.8, 4) is 0 Å². The fraction of sp³-hybridized carbons (Fsp3) is 0.478. The minimum Gasteiger partial charge on any atom is -0.347 e. The zero-order valence-corrected chi connectivity index (χ0v) is 18.0. The van der Waals surface area contributed by atoms with Gasteiger partial charge < -0.3 is 4.57 Å². The van der Waals surface area contributed by atoms with Crippen molar-refractivity contribution in [3.05, 3.63) is 33.9 Å². The Labute approximate surface area is 178 Å². The maximum absolute atomic E-state index is 12.7. The van der Waals surface area contributed by atoms with Crippen molar-refractivity contribution >= 4 is 44.7 Å². The zero-order chi connectivity index (χ0) is 20.5. The number of nitrogens with zero attached hydrogens (tertiary/aromatic N) is 3. The summed E-state index contributed by atoms with van der Waals surface area (Å²) in [6, 6.07) is 1.94. The van der Waals surface area contributed by atoms with Crippen LogP contribution >= 0.6 is 10.5 Å². The van der Waals surface area contributed by atoms with E-state index in [4.69, 9.17) is 4.99 Å². The Balaban J connectivity index is 1.41. The largest absolute Gasteiger partial charge is 0.347 e. The Kier molecular flexibility index (Phi) is 5.56. The number of rotatable bonds is 0. The molecule has 0 aliphatic carbocycles. The topological polar surface area (TPSA) is 66.7 Å². The molecule has 0 saturated carbocycles. The predicted octanol–water partition coefficient (Wildman–Crippen LogP) is 1.81. The van der Waals surface area contributed by atoms with Crippen molar-refractivity contribution in [1.82, 2.24) is 15.0 Å². The number of hydrazine groups is 1. The quantitative estimate of drug-likeness (QED) is 0.646. The standard InChI is InChI=1S/C23H28N4O2S/c28-21-5-1-2-12-26-14-10-17-11-15-30(16-20(17)26)22-8-6-18(24-22)7-9-23(29)27-13-3-4-19(21)25-27/h8,10-11,14-16,19,25H,1-7,9,12-13H2. The summed E-state index contributed by atoms with van der Waals surface area (Å²) in [6.07, 6.45) is 12.6. The van der Waals surface area contributed by atoms with Crippen LogP contribution in [0.1, 0.15) is 51.4 Å². The minimum atomic E-state index is -0.224. The molecule has 2 atom stereocenters. The van der Waals surface area contributed by atoms with Crippen LogP contribution in [-0.2, 0) is 16.1 Å². The zero-order valence-electron chi connectivity index (χ0n) is 17.2. The van der Waals surface area contributed by atoms with Gasteiger partial charge in [-0.2, -0.15) is 0 Å². The molecule has 0 spiro atoms. The van der Waals surface area contributed by atoms with Crippen molar-refractivity contribution in [2.75, 3.05) is 6.54 Å². The molecule has 2 unspecified atom stereocenters. The molecule has 5 rings (SSSR count). The number of fused-ring (bicyclic) bond motifs is 5. The van der Waals surface area contributed by atoms with Gasteiger partial charge in [0.25, 0.3) is 0 Å². The molecule has 0 radical (unpaired) electrons. The normalized spacial score (nSPS) is 27.1. The summed E-state index contributed by atoms with van der Waals surface area (Å²) in [5, 5.41) is 9.88. The molecule has 1 aromatic heterocycles. The Morgan fingerprint density at radius 3 is 2.97 bits per heavy atom. The van der Waals surface area contributed by atoms with E-state index < -0.39 is 0 Å². The first-order chi connectivity index (χ1) is 14.7. The number of aliphatic imine (C=N–C) groups is 1. The van der Waals surface area contributed by atoms with Crippen molar-refractivity contribution in [1.29, 1.82) is 0 Å². The molecule has 4 aliphatic rings. The number of aryl methyl sites for hydroxylation is 1. The summed E-state index contributed by atoms with van der Waals surface area (Å²) in [4.78, 5) is 30.2. The van der Waals surface area contributed by atoms with Gasteiger partial charge in [-0.1, -0.05) is 0 Å². The van der Waals surface area contributed by atoms with Crippen LogP contribution in [0.3, 0.4) is 0 Å². The van der Waals surface area contributed by atoms with E-state index in [0.29, 0.717) is 25.8 Å². The van der Waals surface area contributed by atoms with Gasteiger partial charge in [-0.3, -0.25) is 19.6 Å². The van der Waals surface area contributed by atoms with Crippen LogP contribution in [0, 0.1) is 0 Å². The summed E-state index contributed by atoms with van der Waals surface area (Å²) < 4.78 is 2.31. The molecule has 1 saturated heterocycles. The van der Waals surface area contributed by atoms with Crippen LogP contribution in [-0.4, -0.2) is 44.9 Å². The maximum Gasteiger partial charge on any atom is 0.237 e. The molecule has 4 aliphatic heterocycles. The van der Waals surface area contributed by atoms with Gasteiger partial charge in [0, 0.05) is 49.5 Å². The fourth-order valence-corrected chi connectivity index (χ4v) is 6.17. The highest BCUT2D eigenvalue weighted by molar-refractivity contribution is 8.25. The lowest BCUT2D eigenvalue weighted by Gasteiger charge is -2.33. The first-order valence-electron chi connectivity index (χ1n) is 11.0. The predicted molar refractivity (Wildman–Crippen MR) is 122 cm³/mol. The third-order valence-electron chi connectivity index (χ3n) is 6.27.